The molecule has 2 aliphatic carbocycles. The molecule has 0 aliphatic heterocycles. The zero-order valence-corrected chi connectivity index (χ0v) is 36.6. The Morgan fingerprint density at radius 2 is 0.672 bits per heavy atom. The molecule has 0 saturated carbocycles. The lowest BCUT2D eigenvalue weighted by atomic mass is 9.69. The second-order valence-electron chi connectivity index (χ2n) is 18.6. The third-order valence-electron chi connectivity index (χ3n) is 15.4. The van der Waals surface area contributed by atoms with Crippen LogP contribution in [0.15, 0.2) is 243 Å². The fourth-order valence-corrected chi connectivity index (χ4v) is 12.7. The van der Waals surface area contributed by atoms with E-state index in [1.165, 1.54) is 143 Å². The minimum absolute atomic E-state index is 0.492. The van der Waals surface area contributed by atoms with Crippen LogP contribution in [0.2, 0.25) is 0 Å². The molecule has 13 aromatic rings. The van der Waals surface area contributed by atoms with Crippen LogP contribution in [0.1, 0.15) is 22.3 Å². The van der Waals surface area contributed by atoms with Crippen molar-refractivity contribution in [2.24, 2.45) is 0 Å². The van der Waals surface area contributed by atoms with Crippen LogP contribution in [-0.2, 0) is 5.41 Å². The highest BCUT2D eigenvalue weighted by molar-refractivity contribution is 6.25. The molecule has 0 saturated heterocycles. The summed E-state index contributed by atoms with van der Waals surface area (Å²) in [6, 6.07) is 91.6. The van der Waals surface area contributed by atoms with Crippen LogP contribution < -0.4 is 0 Å². The van der Waals surface area contributed by atoms with E-state index in [-0.39, 0.29) is 0 Å². The number of rotatable bonds is 3. The van der Waals surface area contributed by atoms with Crippen LogP contribution in [0.3, 0.4) is 0 Å². The lowest BCUT2D eigenvalue weighted by Gasteiger charge is -2.32. The average molecular weight is 845 g/mol. The lowest BCUT2D eigenvalue weighted by Crippen LogP contribution is -2.26. The zero-order valence-electron chi connectivity index (χ0n) is 36.6. The first-order valence-electron chi connectivity index (χ1n) is 23.5. The molecule has 308 valence electrons. The van der Waals surface area contributed by atoms with E-state index in [9.17, 15) is 0 Å². The fourth-order valence-electron chi connectivity index (χ4n) is 12.7. The molecule has 0 fully saturated rings. The van der Waals surface area contributed by atoms with Gasteiger partial charge in [0.15, 0.2) is 0 Å². The summed E-state index contributed by atoms with van der Waals surface area (Å²) >= 11 is 0. The van der Waals surface area contributed by atoms with Crippen LogP contribution in [0, 0.1) is 0 Å². The topological polar surface area (TPSA) is 0 Å². The fraction of sp³-hybridized carbons (Fsp3) is 0.0149. The minimum Gasteiger partial charge on any atom is -0.0619 e. The third kappa shape index (κ3) is 4.97. The Bertz CT molecular complexity index is 4180. The number of hydrogen-bond acceptors (Lipinski definition) is 0. The van der Waals surface area contributed by atoms with Gasteiger partial charge in [-0.05, 0) is 173 Å². The summed E-state index contributed by atoms with van der Waals surface area (Å²) in [7, 11) is 0. The highest BCUT2D eigenvalue weighted by atomic mass is 14.5. The molecule has 67 heavy (non-hydrogen) atoms. The SMILES string of the molecule is c1cc(-c2ccc3ccccc3c2)cc(-c2c3ccccc3c(-c3ccc4c5c(c6ccccc6c4c3)-c3cc4ccccc4cc3C53c4ccccc4-c4ccccc43)c3ccccc23)c1. The lowest BCUT2D eigenvalue weighted by molar-refractivity contribution is 0.803. The monoisotopic (exact) mass is 844 g/mol. The van der Waals surface area contributed by atoms with E-state index in [0.717, 1.165) is 0 Å². The predicted molar refractivity (Wildman–Crippen MR) is 284 cm³/mol. The molecule has 0 radical (unpaired) electrons. The zero-order chi connectivity index (χ0) is 43.8. The summed E-state index contributed by atoms with van der Waals surface area (Å²) in [6.07, 6.45) is 0. The minimum atomic E-state index is -0.492. The maximum absolute atomic E-state index is 2.52. The molecule has 0 heteroatoms. The van der Waals surface area contributed by atoms with Gasteiger partial charge in [0, 0.05) is 0 Å². The van der Waals surface area contributed by atoms with Crippen LogP contribution in [-0.4, -0.2) is 0 Å². The van der Waals surface area contributed by atoms with Crippen LogP contribution in [0.4, 0.5) is 0 Å². The Morgan fingerprint density at radius 3 is 1.31 bits per heavy atom. The summed E-state index contributed by atoms with van der Waals surface area (Å²) in [5, 5.41) is 15.2. The molecule has 13 aromatic carbocycles. The molecule has 2 aliphatic rings. The van der Waals surface area contributed by atoms with Gasteiger partial charge in [-0.1, -0.05) is 212 Å². The van der Waals surface area contributed by atoms with Crippen molar-refractivity contribution in [3.05, 3.63) is 265 Å². The summed E-state index contributed by atoms with van der Waals surface area (Å²) in [5.41, 5.74) is 17.8. The largest absolute Gasteiger partial charge is 0.0731 e. The molecule has 0 heterocycles. The highest BCUT2D eigenvalue weighted by Gasteiger charge is 2.53. The number of benzene rings is 13. The smallest absolute Gasteiger partial charge is 0.0619 e. The molecule has 1 spiro atoms. The van der Waals surface area contributed by atoms with Gasteiger partial charge in [0.2, 0.25) is 0 Å². The molecule has 0 bridgehead atoms. The van der Waals surface area contributed by atoms with Gasteiger partial charge in [0.25, 0.3) is 0 Å². The predicted octanol–water partition coefficient (Wildman–Crippen LogP) is 18.0. The van der Waals surface area contributed by atoms with Crippen LogP contribution >= 0.6 is 0 Å². The Kier molecular flexibility index (Phi) is 7.52. The first kappa shape index (κ1) is 36.7. The van der Waals surface area contributed by atoms with E-state index in [1.54, 1.807) is 0 Å². The Balaban J connectivity index is 1.01. The van der Waals surface area contributed by atoms with Crippen molar-refractivity contribution in [1.82, 2.24) is 0 Å². The van der Waals surface area contributed by atoms with Crippen LogP contribution in [0.5, 0.6) is 0 Å². The van der Waals surface area contributed by atoms with Gasteiger partial charge in [-0.2, -0.15) is 0 Å². The van der Waals surface area contributed by atoms with E-state index in [4.69, 9.17) is 0 Å². The van der Waals surface area contributed by atoms with Crippen LogP contribution in [0.25, 0.3) is 120 Å². The standard InChI is InChI=1S/C67H40/c1-2-17-42-36-46(33-32-41(42)16-1)43-20-15-21-47(37-43)63-53-26-7-9-28-55(53)64(56-29-10-8-27-54(56)63)48-34-35-57-58(39-48)49-22-5-6-25-52(49)65-59-38-44-18-3-4-19-45(44)40-62(59)67(66(57)65)60-30-13-11-23-50(60)51-24-12-14-31-61(51)67/h1-40H. The van der Waals surface area contributed by atoms with Gasteiger partial charge in [0.05, 0.1) is 5.41 Å². The maximum atomic E-state index is 2.52. The molecule has 0 amide bonds. The quantitative estimate of drug-likeness (QED) is 0.123. The number of hydrogen-bond donors (Lipinski definition) is 0. The maximum Gasteiger partial charge on any atom is 0.0731 e. The summed E-state index contributed by atoms with van der Waals surface area (Å²) in [4.78, 5) is 0. The molecular formula is C67H40. The first-order chi connectivity index (χ1) is 33.2. The van der Waals surface area contributed by atoms with Gasteiger partial charge in [-0.15, -0.1) is 0 Å². The van der Waals surface area contributed by atoms with Gasteiger partial charge in [0.1, 0.15) is 0 Å². The third-order valence-corrected chi connectivity index (χ3v) is 15.4. The first-order valence-corrected chi connectivity index (χ1v) is 23.5. The summed E-state index contributed by atoms with van der Waals surface area (Å²) in [6.45, 7) is 0. The van der Waals surface area contributed by atoms with Crippen molar-refractivity contribution in [3.63, 3.8) is 0 Å². The molecule has 0 N–H and O–H groups in total. The van der Waals surface area contributed by atoms with E-state index in [0.29, 0.717) is 0 Å². The second-order valence-corrected chi connectivity index (χ2v) is 18.6. The van der Waals surface area contributed by atoms with Crippen molar-refractivity contribution in [1.29, 1.82) is 0 Å². The van der Waals surface area contributed by atoms with Crippen molar-refractivity contribution in [3.8, 4) is 55.6 Å². The van der Waals surface area contributed by atoms with Crippen molar-refractivity contribution < 1.29 is 0 Å². The summed E-state index contributed by atoms with van der Waals surface area (Å²) in [5.74, 6) is 0. The molecule has 0 nitrogen and oxygen atoms in total. The van der Waals surface area contributed by atoms with E-state index >= 15 is 0 Å². The van der Waals surface area contributed by atoms with Gasteiger partial charge >= 0.3 is 0 Å². The highest BCUT2D eigenvalue weighted by Crippen LogP contribution is 2.66. The Morgan fingerprint density at radius 1 is 0.209 bits per heavy atom. The van der Waals surface area contributed by atoms with Crippen molar-refractivity contribution in [2.45, 2.75) is 5.41 Å². The van der Waals surface area contributed by atoms with E-state index < -0.39 is 5.41 Å². The van der Waals surface area contributed by atoms with Crippen molar-refractivity contribution >= 4 is 64.6 Å². The van der Waals surface area contributed by atoms with Gasteiger partial charge in [-0.25, -0.2) is 0 Å². The molecular weight excluding hydrogens is 805 g/mol. The average Bonchev–Trinajstić information content (AvgIpc) is 3.86. The van der Waals surface area contributed by atoms with Gasteiger partial charge in [-0.3, -0.25) is 0 Å². The van der Waals surface area contributed by atoms with E-state index in [1.807, 2.05) is 0 Å². The summed E-state index contributed by atoms with van der Waals surface area (Å²) < 4.78 is 0. The second kappa shape index (κ2) is 13.7. The Hall–Kier alpha value is -8.58. The number of fused-ring (bicyclic) bond motifs is 19. The molecule has 15 rings (SSSR count). The van der Waals surface area contributed by atoms with Crippen molar-refractivity contribution in [2.75, 3.05) is 0 Å². The Labute approximate surface area is 388 Å². The van der Waals surface area contributed by atoms with E-state index in [2.05, 4.69) is 243 Å². The normalized spacial score (nSPS) is 13.2. The van der Waals surface area contributed by atoms with Gasteiger partial charge < -0.3 is 0 Å². The molecule has 0 unspecified atom stereocenters. The molecule has 0 atom stereocenters. The molecule has 0 aromatic heterocycles.